The first-order valence-electron chi connectivity index (χ1n) is 12.7. The van der Waals surface area contributed by atoms with Gasteiger partial charge in [0.25, 0.3) is 0 Å². The maximum Gasteiger partial charge on any atom is 0.224 e. The maximum atomic E-state index is 16.8. The van der Waals surface area contributed by atoms with E-state index in [0.717, 1.165) is 0 Å². The highest BCUT2D eigenvalue weighted by molar-refractivity contribution is 6.37. The second-order valence-corrected chi connectivity index (χ2v) is 13.6. The highest BCUT2D eigenvalue weighted by Gasteiger charge is 2.27. The van der Waals surface area contributed by atoms with Crippen LogP contribution in [0.15, 0.2) is 85.2 Å². The van der Waals surface area contributed by atoms with Crippen molar-refractivity contribution in [1.29, 1.82) is 0 Å². The van der Waals surface area contributed by atoms with Gasteiger partial charge in [0.2, 0.25) is 9.76 Å². The SMILES string of the molecule is COc1cc2c(N(c3ccccc3)c3cc(O[SiH2]C(C)(C)C)c(Cl)c(-c4ccccc4)c3F)ncnc2cc1O. The number of anilines is 3. The van der Waals surface area contributed by atoms with Gasteiger partial charge >= 0.3 is 0 Å². The molecule has 1 aromatic heterocycles. The Morgan fingerprint density at radius 1 is 0.925 bits per heavy atom. The first-order valence-corrected chi connectivity index (χ1v) is 14.4. The average molecular weight is 574 g/mol. The standard InChI is InChI=1S/C31H29ClFN3O3Si/c1-31(2,3)40-39-26-17-23(29(33)27(28(26)32)19-11-7-5-8-12-19)36(20-13-9-6-10-14-20)30-21-15-25(38-4)24(37)16-22(21)34-18-35-30/h5-18,37H,40H2,1-4H3. The number of hydrogen-bond acceptors (Lipinski definition) is 6. The summed E-state index contributed by atoms with van der Waals surface area (Å²) in [5.74, 6) is 0.472. The second-order valence-electron chi connectivity index (χ2n) is 10.5. The molecule has 0 radical (unpaired) electrons. The fourth-order valence-corrected chi connectivity index (χ4v) is 5.58. The highest BCUT2D eigenvalue weighted by atomic mass is 35.5. The van der Waals surface area contributed by atoms with E-state index in [1.165, 1.54) is 19.5 Å². The lowest BCUT2D eigenvalue weighted by molar-refractivity contribution is 0.374. The molecular formula is C31H29ClFN3O3Si. The number of fused-ring (bicyclic) bond motifs is 1. The van der Waals surface area contributed by atoms with Crippen LogP contribution in [0.25, 0.3) is 22.0 Å². The number of aromatic nitrogens is 2. The van der Waals surface area contributed by atoms with Gasteiger partial charge < -0.3 is 14.3 Å². The maximum absolute atomic E-state index is 16.8. The van der Waals surface area contributed by atoms with E-state index in [1.807, 2.05) is 60.7 Å². The van der Waals surface area contributed by atoms with Gasteiger partial charge in [-0.2, -0.15) is 0 Å². The topological polar surface area (TPSA) is 67.7 Å². The largest absolute Gasteiger partial charge is 0.548 e. The fourth-order valence-electron chi connectivity index (χ4n) is 4.37. The van der Waals surface area contributed by atoms with Crippen molar-refractivity contribution in [3.05, 3.63) is 96.0 Å². The molecule has 0 fully saturated rings. The Morgan fingerprint density at radius 3 is 2.25 bits per heavy atom. The molecule has 40 heavy (non-hydrogen) atoms. The predicted molar refractivity (Wildman–Crippen MR) is 162 cm³/mol. The van der Waals surface area contributed by atoms with Gasteiger partial charge in [-0.3, -0.25) is 4.90 Å². The summed E-state index contributed by atoms with van der Waals surface area (Å²) in [6.45, 7) is 6.34. The van der Waals surface area contributed by atoms with Gasteiger partial charge in [0.15, 0.2) is 17.3 Å². The van der Waals surface area contributed by atoms with Crippen LogP contribution >= 0.6 is 11.6 Å². The van der Waals surface area contributed by atoms with Crippen molar-refractivity contribution in [2.45, 2.75) is 25.8 Å². The third-order valence-corrected chi connectivity index (χ3v) is 7.95. The molecular weight excluding hydrogens is 545 g/mol. The van der Waals surface area contributed by atoms with E-state index < -0.39 is 15.6 Å². The first kappa shape index (κ1) is 27.4. The number of phenolic OH excluding ortho intramolecular Hbond substituents is 1. The number of nitrogens with zero attached hydrogens (tertiary/aromatic N) is 3. The van der Waals surface area contributed by atoms with Crippen LogP contribution in [0.4, 0.5) is 21.6 Å². The van der Waals surface area contributed by atoms with Gasteiger partial charge in [-0.25, -0.2) is 14.4 Å². The number of para-hydroxylation sites is 1. The molecule has 0 unspecified atom stereocenters. The summed E-state index contributed by atoms with van der Waals surface area (Å²) in [6, 6.07) is 23.3. The number of rotatable bonds is 7. The molecule has 6 nitrogen and oxygen atoms in total. The minimum atomic E-state index is -1.09. The van der Waals surface area contributed by atoms with Gasteiger partial charge in [0.05, 0.1) is 23.3 Å². The molecule has 0 atom stereocenters. The van der Waals surface area contributed by atoms with Gasteiger partial charge in [0, 0.05) is 28.8 Å². The Labute approximate surface area is 239 Å². The van der Waals surface area contributed by atoms with Crippen molar-refractivity contribution in [3.8, 4) is 28.4 Å². The van der Waals surface area contributed by atoms with Gasteiger partial charge in [-0.05, 0) is 28.8 Å². The molecule has 1 heterocycles. The smallest absolute Gasteiger partial charge is 0.224 e. The number of ether oxygens (including phenoxy) is 1. The monoisotopic (exact) mass is 573 g/mol. The molecule has 204 valence electrons. The molecule has 4 aromatic carbocycles. The summed E-state index contributed by atoms with van der Waals surface area (Å²) in [5, 5.41) is 11.1. The first-order chi connectivity index (χ1) is 19.2. The lowest BCUT2D eigenvalue weighted by atomic mass is 10.0. The van der Waals surface area contributed by atoms with E-state index in [-0.39, 0.29) is 32.8 Å². The zero-order chi connectivity index (χ0) is 28.4. The van der Waals surface area contributed by atoms with Crippen molar-refractivity contribution >= 4 is 49.5 Å². The molecule has 1 N–H and O–H groups in total. The number of phenols is 1. The summed E-state index contributed by atoms with van der Waals surface area (Å²) >= 11 is 6.87. The normalized spacial score (nSPS) is 11.8. The Morgan fingerprint density at radius 2 is 1.60 bits per heavy atom. The number of halogens is 2. The van der Waals surface area contributed by atoms with Crippen molar-refractivity contribution in [3.63, 3.8) is 0 Å². The van der Waals surface area contributed by atoms with E-state index in [0.29, 0.717) is 33.7 Å². The Balaban J connectivity index is 1.83. The molecule has 0 spiro atoms. The summed E-state index contributed by atoms with van der Waals surface area (Å²) in [6.07, 6.45) is 1.38. The molecule has 0 amide bonds. The summed E-state index contributed by atoms with van der Waals surface area (Å²) in [4.78, 5) is 10.6. The Kier molecular flexibility index (Phi) is 7.65. The lowest BCUT2D eigenvalue weighted by Crippen LogP contribution is -2.18. The number of hydrogen-bond donors (Lipinski definition) is 1. The van der Waals surface area contributed by atoms with E-state index >= 15 is 4.39 Å². The van der Waals surface area contributed by atoms with Crippen molar-refractivity contribution in [2.75, 3.05) is 12.0 Å². The van der Waals surface area contributed by atoms with E-state index in [1.54, 1.807) is 17.0 Å². The Bertz CT molecular complexity index is 1660. The third kappa shape index (κ3) is 5.45. The van der Waals surface area contributed by atoms with Crippen molar-refractivity contribution < 1.29 is 18.7 Å². The number of methoxy groups -OCH3 is 1. The minimum absolute atomic E-state index is 0.0225. The van der Waals surface area contributed by atoms with Crippen LogP contribution in [-0.2, 0) is 0 Å². The second kappa shape index (κ2) is 11.2. The van der Waals surface area contributed by atoms with E-state index in [2.05, 4.69) is 30.7 Å². The fraction of sp³-hybridized carbons (Fsp3) is 0.161. The predicted octanol–water partition coefficient (Wildman–Crippen LogP) is 7.95. The van der Waals surface area contributed by atoms with Gasteiger partial charge in [-0.1, -0.05) is 80.9 Å². The Hall–Kier alpha value is -4.14. The van der Waals surface area contributed by atoms with Crippen molar-refractivity contribution in [2.24, 2.45) is 0 Å². The lowest BCUT2D eigenvalue weighted by Gasteiger charge is -2.28. The van der Waals surface area contributed by atoms with Gasteiger partial charge in [-0.15, -0.1) is 0 Å². The van der Waals surface area contributed by atoms with Crippen LogP contribution in [0.1, 0.15) is 20.8 Å². The quantitative estimate of drug-likeness (QED) is 0.199. The van der Waals surface area contributed by atoms with Crippen LogP contribution < -0.4 is 14.1 Å². The minimum Gasteiger partial charge on any atom is -0.548 e. The van der Waals surface area contributed by atoms with Crippen LogP contribution in [0.5, 0.6) is 17.2 Å². The highest BCUT2D eigenvalue weighted by Crippen LogP contribution is 2.47. The molecule has 0 aliphatic heterocycles. The van der Waals surface area contributed by atoms with Gasteiger partial charge in [0.1, 0.15) is 17.9 Å². The summed E-state index contributed by atoms with van der Waals surface area (Å²) in [7, 11) is 0.379. The molecule has 0 bridgehead atoms. The molecule has 0 aliphatic rings. The summed E-state index contributed by atoms with van der Waals surface area (Å²) < 4.78 is 28.5. The van der Waals surface area contributed by atoms with E-state index in [4.69, 9.17) is 20.8 Å². The van der Waals surface area contributed by atoms with Crippen LogP contribution in [0.2, 0.25) is 10.1 Å². The molecule has 9 heteroatoms. The van der Waals surface area contributed by atoms with Crippen LogP contribution in [-0.4, -0.2) is 31.9 Å². The van der Waals surface area contributed by atoms with Crippen LogP contribution in [0.3, 0.4) is 0 Å². The zero-order valence-electron chi connectivity index (χ0n) is 22.7. The van der Waals surface area contributed by atoms with E-state index in [9.17, 15) is 5.11 Å². The van der Waals surface area contributed by atoms with Crippen LogP contribution in [0, 0.1) is 5.82 Å². The zero-order valence-corrected chi connectivity index (χ0v) is 24.8. The molecule has 0 saturated heterocycles. The average Bonchev–Trinajstić information content (AvgIpc) is 2.94. The molecule has 0 aliphatic carbocycles. The number of benzene rings is 4. The third-order valence-electron chi connectivity index (χ3n) is 6.25. The molecule has 0 saturated carbocycles. The summed E-state index contributed by atoms with van der Waals surface area (Å²) in [5.41, 5.74) is 2.21. The number of aromatic hydroxyl groups is 1. The molecule has 5 rings (SSSR count). The van der Waals surface area contributed by atoms with Crippen molar-refractivity contribution in [1.82, 2.24) is 9.97 Å². The molecule has 5 aromatic rings.